The molecule has 0 aromatic carbocycles. The summed E-state index contributed by atoms with van der Waals surface area (Å²) in [6.07, 6.45) is 4.18. The Morgan fingerprint density at radius 3 is 2.50 bits per heavy atom. The highest BCUT2D eigenvalue weighted by Crippen LogP contribution is 2.27. The van der Waals surface area contributed by atoms with Gasteiger partial charge in [-0.25, -0.2) is 0 Å². The zero-order valence-corrected chi connectivity index (χ0v) is 9.59. The summed E-state index contributed by atoms with van der Waals surface area (Å²) in [4.78, 5) is 6.58. The first-order valence-corrected chi connectivity index (χ1v) is 4.83. The van der Waals surface area contributed by atoms with Gasteiger partial charge in [0, 0.05) is 24.9 Å². The first-order valence-electron chi connectivity index (χ1n) is 4.04. The average Bonchev–Trinajstić information content (AvgIpc) is 1.83. The monoisotopic (exact) mass is 230 g/mol. The third kappa shape index (κ3) is 2.09. The molecule has 0 fully saturated rings. The van der Waals surface area contributed by atoms with Crippen LogP contribution in [0.15, 0.2) is 15.7 Å². The zero-order chi connectivity index (χ0) is 9.35. The number of aliphatic imine (C=N–C) groups is 1. The molecule has 0 radical (unpaired) electrons. The molecule has 0 spiro atoms. The molecule has 0 aromatic rings. The van der Waals surface area contributed by atoms with E-state index < -0.39 is 0 Å². The minimum atomic E-state index is 0.190. The number of rotatable bonds is 0. The molecule has 0 amide bonds. The third-order valence-electron chi connectivity index (χ3n) is 1.83. The second-order valence-corrected chi connectivity index (χ2v) is 5.11. The molecular weight excluding hydrogens is 216 g/mol. The van der Waals surface area contributed by atoms with Gasteiger partial charge in [0.05, 0.1) is 4.48 Å². The molecule has 1 heterocycles. The summed E-state index contributed by atoms with van der Waals surface area (Å²) in [5.41, 5.74) is 0.190. The van der Waals surface area contributed by atoms with Crippen molar-refractivity contribution in [3.8, 4) is 0 Å². The van der Waals surface area contributed by atoms with E-state index in [0.717, 1.165) is 4.48 Å². The largest absolute Gasteiger partial charge is 0.357 e. The summed E-state index contributed by atoms with van der Waals surface area (Å²) in [6.45, 7) is 6.58. The maximum Gasteiger partial charge on any atom is 0.125 e. The molecule has 0 bridgehead atoms. The van der Waals surface area contributed by atoms with Crippen LogP contribution in [0.2, 0.25) is 0 Å². The van der Waals surface area contributed by atoms with Gasteiger partial charge in [-0.2, -0.15) is 0 Å². The quantitative estimate of drug-likeness (QED) is 0.625. The maximum atomic E-state index is 4.45. The van der Waals surface area contributed by atoms with E-state index in [9.17, 15) is 0 Å². The fraction of sp³-hybridized carbons (Fsp3) is 0.667. The molecule has 1 aliphatic heterocycles. The van der Waals surface area contributed by atoms with Crippen molar-refractivity contribution in [3.63, 3.8) is 0 Å². The van der Waals surface area contributed by atoms with Crippen LogP contribution in [0.3, 0.4) is 0 Å². The number of nitrogens with zero attached hydrogens (tertiary/aromatic N) is 2. The summed E-state index contributed by atoms with van der Waals surface area (Å²) in [5, 5.41) is 0. The smallest absolute Gasteiger partial charge is 0.125 e. The van der Waals surface area contributed by atoms with Gasteiger partial charge in [-0.15, -0.1) is 0 Å². The molecule has 1 aliphatic rings. The van der Waals surface area contributed by atoms with E-state index in [1.165, 1.54) is 0 Å². The fourth-order valence-electron chi connectivity index (χ4n) is 1.38. The van der Waals surface area contributed by atoms with Crippen LogP contribution in [0.4, 0.5) is 0 Å². The van der Waals surface area contributed by atoms with Crippen LogP contribution in [0.25, 0.3) is 0 Å². The van der Waals surface area contributed by atoms with Crippen molar-refractivity contribution in [3.05, 3.63) is 10.7 Å². The van der Waals surface area contributed by atoms with Crippen LogP contribution < -0.4 is 0 Å². The van der Waals surface area contributed by atoms with Crippen molar-refractivity contribution in [1.82, 2.24) is 4.90 Å². The minimum Gasteiger partial charge on any atom is -0.357 e. The predicted molar refractivity (Wildman–Crippen MR) is 56.5 cm³/mol. The molecule has 1 rings (SSSR count). The van der Waals surface area contributed by atoms with Crippen LogP contribution in [0, 0.1) is 5.41 Å². The predicted octanol–water partition coefficient (Wildman–Crippen LogP) is 2.61. The Bertz CT molecular complexity index is 225. The molecule has 2 nitrogen and oxygen atoms in total. The van der Waals surface area contributed by atoms with E-state index in [2.05, 4.69) is 52.8 Å². The van der Waals surface area contributed by atoms with E-state index in [1.54, 1.807) is 0 Å². The van der Waals surface area contributed by atoms with E-state index in [1.807, 2.05) is 13.3 Å². The Labute approximate surface area is 82.5 Å². The summed E-state index contributed by atoms with van der Waals surface area (Å²) in [6, 6.07) is 0. The van der Waals surface area contributed by atoms with Crippen LogP contribution in [-0.4, -0.2) is 24.3 Å². The molecule has 3 heteroatoms. The normalized spacial score (nSPS) is 24.2. The molecule has 12 heavy (non-hydrogen) atoms. The molecule has 1 atom stereocenters. The van der Waals surface area contributed by atoms with Gasteiger partial charge in [0.1, 0.15) is 6.17 Å². The molecule has 68 valence electrons. The lowest BCUT2D eigenvalue weighted by molar-refractivity contribution is 0.178. The van der Waals surface area contributed by atoms with E-state index in [4.69, 9.17) is 0 Å². The van der Waals surface area contributed by atoms with Crippen molar-refractivity contribution >= 4 is 22.1 Å². The van der Waals surface area contributed by atoms with E-state index >= 15 is 0 Å². The SMILES string of the molecule is CN1C=C(Br)C=NC1C(C)(C)C. The number of hydrogen-bond donors (Lipinski definition) is 0. The third-order valence-corrected chi connectivity index (χ3v) is 2.24. The fourth-order valence-corrected chi connectivity index (χ4v) is 1.82. The second kappa shape index (κ2) is 3.21. The molecule has 0 saturated carbocycles. The molecular formula is C9H15BrN2. The highest BCUT2D eigenvalue weighted by molar-refractivity contribution is 9.12. The van der Waals surface area contributed by atoms with Gasteiger partial charge in [0.25, 0.3) is 0 Å². The van der Waals surface area contributed by atoms with Crippen LogP contribution in [0.5, 0.6) is 0 Å². The summed E-state index contributed by atoms with van der Waals surface area (Å²) < 4.78 is 1.03. The number of halogens is 1. The van der Waals surface area contributed by atoms with Crippen LogP contribution >= 0.6 is 15.9 Å². The molecule has 0 aromatic heterocycles. The Balaban J connectivity index is 2.80. The van der Waals surface area contributed by atoms with Crippen molar-refractivity contribution in [1.29, 1.82) is 0 Å². The van der Waals surface area contributed by atoms with Gasteiger partial charge in [0.15, 0.2) is 0 Å². The van der Waals surface area contributed by atoms with E-state index in [-0.39, 0.29) is 11.6 Å². The maximum absolute atomic E-state index is 4.45. The number of allylic oxidation sites excluding steroid dienone is 1. The first-order chi connectivity index (χ1) is 5.41. The lowest BCUT2D eigenvalue weighted by Crippen LogP contribution is -2.38. The van der Waals surface area contributed by atoms with Gasteiger partial charge in [-0.3, -0.25) is 4.99 Å². The lowest BCUT2D eigenvalue weighted by Gasteiger charge is -2.36. The summed E-state index contributed by atoms with van der Waals surface area (Å²) >= 11 is 3.39. The van der Waals surface area contributed by atoms with Crippen LogP contribution in [-0.2, 0) is 0 Å². The van der Waals surface area contributed by atoms with Gasteiger partial charge < -0.3 is 4.90 Å². The molecule has 0 N–H and O–H groups in total. The topological polar surface area (TPSA) is 15.6 Å². The molecule has 1 unspecified atom stereocenters. The van der Waals surface area contributed by atoms with Gasteiger partial charge in [-0.05, 0) is 15.9 Å². The minimum absolute atomic E-state index is 0.190. The van der Waals surface area contributed by atoms with Crippen molar-refractivity contribution in [2.75, 3.05) is 7.05 Å². The van der Waals surface area contributed by atoms with Crippen molar-refractivity contribution in [2.24, 2.45) is 10.4 Å². The average molecular weight is 231 g/mol. The number of hydrogen-bond acceptors (Lipinski definition) is 2. The first kappa shape index (κ1) is 9.78. The summed E-state index contributed by atoms with van der Waals surface area (Å²) in [5.74, 6) is 0. The Kier molecular flexibility index (Phi) is 2.61. The van der Waals surface area contributed by atoms with Gasteiger partial charge in [0.2, 0.25) is 0 Å². The highest BCUT2D eigenvalue weighted by atomic mass is 79.9. The highest BCUT2D eigenvalue weighted by Gasteiger charge is 2.27. The lowest BCUT2D eigenvalue weighted by atomic mass is 9.91. The van der Waals surface area contributed by atoms with Crippen molar-refractivity contribution < 1.29 is 0 Å². The molecule has 0 saturated heterocycles. The summed E-state index contributed by atoms with van der Waals surface area (Å²) in [7, 11) is 2.05. The van der Waals surface area contributed by atoms with Gasteiger partial charge in [-0.1, -0.05) is 20.8 Å². The second-order valence-electron chi connectivity index (χ2n) is 4.20. The zero-order valence-electron chi connectivity index (χ0n) is 8.00. The van der Waals surface area contributed by atoms with E-state index in [0.29, 0.717) is 0 Å². The van der Waals surface area contributed by atoms with Crippen LogP contribution in [0.1, 0.15) is 20.8 Å². The van der Waals surface area contributed by atoms with Crippen molar-refractivity contribution in [2.45, 2.75) is 26.9 Å². The Morgan fingerprint density at radius 2 is 2.08 bits per heavy atom. The Hall–Kier alpha value is -0.310. The molecule has 0 aliphatic carbocycles. The Morgan fingerprint density at radius 1 is 1.50 bits per heavy atom. The standard InChI is InChI=1S/C9H15BrN2/c1-9(2,3)8-11-5-7(10)6-12(8)4/h5-6,8H,1-4H3. The van der Waals surface area contributed by atoms with Gasteiger partial charge >= 0.3 is 0 Å².